The average Bonchev–Trinajstić information content (AvgIpc) is 2.43. The van der Waals surface area contributed by atoms with Gasteiger partial charge in [-0.3, -0.25) is 5.32 Å². The lowest BCUT2D eigenvalue weighted by Crippen LogP contribution is -2.22. The third kappa shape index (κ3) is 8.19. The highest BCUT2D eigenvalue weighted by Crippen LogP contribution is 2.18. The molecule has 5 heteroatoms. The first-order valence-corrected chi connectivity index (χ1v) is 7.43. The van der Waals surface area contributed by atoms with Gasteiger partial charge in [0.2, 0.25) is 0 Å². The van der Waals surface area contributed by atoms with Gasteiger partial charge in [-0.15, -0.1) is 0 Å². The maximum atomic E-state index is 11.6. The minimum absolute atomic E-state index is 0.367. The van der Waals surface area contributed by atoms with Gasteiger partial charge in [-0.05, 0) is 32.6 Å². The first-order valence-electron chi connectivity index (χ1n) is 7.43. The molecule has 0 bridgehead atoms. The van der Waals surface area contributed by atoms with Crippen molar-refractivity contribution in [2.75, 3.05) is 39.2 Å². The molecule has 0 saturated carbocycles. The van der Waals surface area contributed by atoms with Gasteiger partial charge in [0.25, 0.3) is 0 Å². The third-order valence-corrected chi connectivity index (χ3v) is 2.87. The number of rotatable bonds is 9. The van der Waals surface area contributed by atoms with Crippen molar-refractivity contribution in [3.05, 3.63) is 24.3 Å². The summed E-state index contributed by atoms with van der Waals surface area (Å²) in [4.78, 5) is 13.6. The highest BCUT2D eigenvalue weighted by Gasteiger charge is 2.04. The second-order valence-electron chi connectivity index (χ2n) is 5.15. The van der Waals surface area contributed by atoms with Crippen molar-refractivity contribution < 1.29 is 14.3 Å². The summed E-state index contributed by atoms with van der Waals surface area (Å²) >= 11 is 0. The maximum absolute atomic E-state index is 11.6. The average molecular weight is 294 g/mol. The normalized spacial score (nSPS) is 10.5. The molecule has 0 fully saturated rings. The number of ether oxygens (including phenoxy) is 2. The molecule has 1 aromatic rings. The monoisotopic (exact) mass is 294 g/mol. The van der Waals surface area contributed by atoms with Gasteiger partial charge in [0.05, 0.1) is 6.61 Å². The number of likely N-dealkylation sites (N-methyl/N-ethyl adjacent to an activating group) is 1. The van der Waals surface area contributed by atoms with Crippen LogP contribution < -0.4 is 10.1 Å². The topological polar surface area (TPSA) is 50.8 Å². The van der Waals surface area contributed by atoms with E-state index in [1.165, 1.54) is 6.42 Å². The summed E-state index contributed by atoms with van der Waals surface area (Å²) in [6, 6.07) is 7.35. The highest BCUT2D eigenvalue weighted by atomic mass is 16.5. The molecule has 0 unspecified atom stereocenters. The van der Waals surface area contributed by atoms with E-state index in [0.29, 0.717) is 25.4 Å². The molecule has 0 atom stereocenters. The van der Waals surface area contributed by atoms with E-state index in [-0.39, 0.29) is 0 Å². The van der Waals surface area contributed by atoms with Crippen LogP contribution in [0.2, 0.25) is 0 Å². The number of benzene rings is 1. The van der Waals surface area contributed by atoms with Gasteiger partial charge in [0, 0.05) is 18.3 Å². The van der Waals surface area contributed by atoms with Gasteiger partial charge in [-0.25, -0.2) is 4.79 Å². The number of anilines is 1. The Morgan fingerprint density at radius 3 is 2.76 bits per heavy atom. The molecule has 1 rings (SSSR count). The molecule has 5 nitrogen and oxygen atoms in total. The van der Waals surface area contributed by atoms with Crippen LogP contribution in [0, 0.1) is 0 Å². The first kappa shape index (κ1) is 17.3. The van der Waals surface area contributed by atoms with E-state index < -0.39 is 6.09 Å². The van der Waals surface area contributed by atoms with Crippen LogP contribution in [0.15, 0.2) is 24.3 Å². The van der Waals surface area contributed by atoms with Crippen LogP contribution >= 0.6 is 0 Å². The number of hydrogen-bond donors (Lipinski definition) is 1. The molecule has 1 amide bonds. The van der Waals surface area contributed by atoms with Crippen LogP contribution in [-0.4, -0.2) is 44.8 Å². The second kappa shape index (κ2) is 10.0. The minimum atomic E-state index is -0.444. The van der Waals surface area contributed by atoms with Crippen LogP contribution in [-0.2, 0) is 4.74 Å². The lowest BCUT2D eigenvalue weighted by Gasteiger charge is -2.11. The number of nitrogens with one attached hydrogen (secondary N) is 1. The van der Waals surface area contributed by atoms with E-state index in [1.54, 1.807) is 6.07 Å². The summed E-state index contributed by atoms with van der Waals surface area (Å²) in [5.74, 6) is 0.761. The molecule has 0 aliphatic heterocycles. The van der Waals surface area contributed by atoms with Crippen molar-refractivity contribution in [2.24, 2.45) is 0 Å². The Kier molecular flexibility index (Phi) is 8.28. The van der Waals surface area contributed by atoms with Crippen molar-refractivity contribution in [2.45, 2.75) is 26.2 Å². The second-order valence-corrected chi connectivity index (χ2v) is 5.15. The van der Waals surface area contributed by atoms with E-state index in [0.717, 1.165) is 18.6 Å². The summed E-state index contributed by atoms with van der Waals surface area (Å²) in [6.07, 6.45) is 2.93. The summed E-state index contributed by atoms with van der Waals surface area (Å²) < 4.78 is 10.7. The van der Waals surface area contributed by atoms with Crippen LogP contribution in [0.4, 0.5) is 10.5 Å². The van der Waals surface area contributed by atoms with Crippen molar-refractivity contribution in [3.8, 4) is 5.75 Å². The summed E-state index contributed by atoms with van der Waals surface area (Å²) in [6.45, 7) is 3.93. The largest absolute Gasteiger partial charge is 0.494 e. The standard InChI is InChI=1S/C16H26N2O3/c1-4-5-6-11-20-15-9-7-8-14(13-15)17-16(19)21-12-10-18(2)3/h7-9,13H,4-6,10-12H2,1-3H3,(H,17,19). The van der Waals surface area contributed by atoms with Crippen LogP contribution in [0.25, 0.3) is 0 Å². The number of nitrogens with zero attached hydrogens (tertiary/aromatic N) is 1. The third-order valence-electron chi connectivity index (χ3n) is 2.87. The van der Waals surface area contributed by atoms with Gasteiger partial charge in [0.15, 0.2) is 0 Å². The van der Waals surface area contributed by atoms with E-state index >= 15 is 0 Å². The smallest absolute Gasteiger partial charge is 0.411 e. The van der Waals surface area contributed by atoms with Gasteiger partial charge in [0.1, 0.15) is 12.4 Å². The predicted molar refractivity (Wildman–Crippen MR) is 85.0 cm³/mol. The van der Waals surface area contributed by atoms with Crippen molar-refractivity contribution in [1.82, 2.24) is 4.90 Å². The van der Waals surface area contributed by atoms with Crippen LogP contribution in [0.5, 0.6) is 5.75 Å². The number of hydrogen-bond acceptors (Lipinski definition) is 4. The highest BCUT2D eigenvalue weighted by molar-refractivity contribution is 5.84. The van der Waals surface area contributed by atoms with Crippen LogP contribution in [0.1, 0.15) is 26.2 Å². The maximum Gasteiger partial charge on any atom is 0.411 e. The molecule has 0 spiro atoms. The summed E-state index contributed by atoms with van der Waals surface area (Å²) in [5, 5.41) is 2.70. The van der Waals surface area contributed by atoms with Gasteiger partial charge >= 0.3 is 6.09 Å². The zero-order valence-corrected chi connectivity index (χ0v) is 13.2. The fourth-order valence-corrected chi connectivity index (χ4v) is 1.68. The molecule has 0 radical (unpaired) electrons. The Morgan fingerprint density at radius 1 is 1.24 bits per heavy atom. The molecule has 1 N–H and O–H groups in total. The number of carbonyl (C=O) groups is 1. The van der Waals surface area contributed by atoms with Gasteiger partial charge in [-0.1, -0.05) is 25.8 Å². The Labute approximate surface area is 127 Å². The van der Waals surface area contributed by atoms with Gasteiger partial charge in [-0.2, -0.15) is 0 Å². The van der Waals surface area contributed by atoms with E-state index in [1.807, 2.05) is 37.2 Å². The van der Waals surface area contributed by atoms with Crippen molar-refractivity contribution in [3.63, 3.8) is 0 Å². The van der Waals surface area contributed by atoms with E-state index in [9.17, 15) is 4.79 Å². The zero-order valence-electron chi connectivity index (χ0n) is 13.2. The van der Waals surface area contributed by atoms with Crippen molar-refractivity contribution in [1.29, 1.82) is 0 Å². The molecule has 1 aromatic carbocycles. The molecule has 0 saturated heterocycles. The molecular weight excluding hydrogens is 268 g/mol. The minimum Gasteiger partial charge on any atom is -0.494 e. The molecule has 0 aliphatic rings. The summed E-state index contributed by atoms with van der Waals surface area (Å²) in [7, 11) is 3.86. The number of unbranched alkanes of at least 4 members (excludes halogenated alkanes) is 2. The van der Waals surface area contributed by atoms with E-state index in [2.05, 4.69) is 12.2 Å². The fraction of sp³-hybridized carbons (Fsp3) is 0.562. The van der Waals surface area contributed by atoms with Crippen molar-refractivity contribution >= 4 is 11.8 Å². The number of amides is 1. The molecule has 0 aromatic heterocycles. The quantitative estimate of drug-likeness (QED) is 0.709. The lowest BCUT2D eigenvalue weighted by atomic mass is 10.2. The Balaban J connectivity index is 2.35. The predicted octanol–water partition coefficient (Wildman–Crippen LogP) is 3.37. The Morgan fingerprint density at radius 2 is 2.05 bits per heavy atom. The summed E-state index contributed by atoms with van der Waals surface area (Å²) in [5.41, 5.74) is 0.679. The molecule has 0 aliphatic carbocycles. The van der Waals surface area contributed by atoms with Gasteiger partial charge < -0.3 is 14.4 Å². The Bertz CT molecular complexity index is 422. The Hall–Kier alpha value is -1.75. The molecule has 118 valence electrons. The zero-order chi connectivity index (χ0) is 15.5. The molecule has 0 heterocycles. The molecule has 21 heavy (non-hydrogen) atoms. The number of carbonyl (C=O) groups excluding carboxylic acids is 1. The molecular formula is C16H26N2O3. The first-order chi connectivity index (χ1) is 10.1. The van der Waals surface area contributed by atoms with E-state index in [4.69, 9.17) is 9.47 Å². The lowest BCUT2D eigenvalue weighted by molar-refractivity contribution is 0.151. The van der Waals surface area contributed by atoms with Crippen LogP contribution in [0.3, 0.4) is 0 Å². The SMILES string of the molecule is CCCCCOc1cccc(NC(=O)OCCN(C)C)c1. The fourth-order valence-electron chi connectivity index (χ4n) is 1.68.